The van der Waals surface area contributed by atoms with E-state index in [4.69, 9.17) is 18.9 Å². The fraction of sp³-hybridized carbons (Fsp3) is 0.476. The van der Waals surface area contributed by atoms with Crippen LogP contribution >= 0.6 is 0 Å². The van der Waals surface area contributed by atoms with E-state index in [9.17, 15) is 29.4 Å². The van der Waals surface area contributed by atoms with E-state index in [1.54, 1.807) is 26.2 Å². The number of allylic oxidation sites excluding steroid dienone is 4. The van der Waals surface area contributed by atoms with Crippen LogP contribution in [0.15, 0.2) is 63.0 Å². The quantitative estimate of drug-likeness (QED) is 0.235. The minimum Gasteiger partial charge on any atom is -0.493 e. The normalized spacial score (nSPS) is 22.2. The summed E-state index contributed by atoms with van der Waals surface area (Å²) in [6.45, 7) is 7.46. The highest BCUT2D eigenvalue weighted by molar-refractivity contribution is 6.11. The van der Waals surface area contributed by atoms with Gasteiger partial charge in [0.05, 0.1) is 34.5 Å². The second-order valence-corrected chi connectivity index (χ2v) is 14.8. The highest BCUT2D eigenvalue weighted by Gasteiger charge is 2.65. The predicted octanol–water partition coefficient (Wildman–Crippen LogP) is 6.05. The summed E-state index contributed by atoms with van der Waals surface area (Å²) in [6, 6.07) is 6.10. The molecule has 0 bridgehead atoms. The molecule has 0 aromatic heterocycles. The summed E-state index contributed by atoms with van der Waals surface area (Å²) in [6.07, 6.45) is 4.30. The number of aliphatic carboxylic acids is 1. The lowest BCUT2D eigenvalue weighted by Crippen LogP contribution is -2.49. The van der Waals surface area contributed by atoms with E-state index in [2.05, 4.69) is 5.32 Å². The van der Waals surface area contributed by atoms with Crippen LogP contribution < -0.4 is 29.7 Å². The number of fused-ring (bicyclic) bond motifs is 4. The number of carbonyl (C=O) groups is 3. The van der Waals surface area contributed by atoms with Crippen LogP contribution in [0.25, 0.3) is 11.1 Å². The van der Waals surface area contributed by atoms with E-state index in [-0.39, 0.29) is 41.6 Å². The molecule has 0 aliphatic heterocycles. The smallest absolute Gasteiger partial charge is 0.303 e. The van der Waals surface area contributed by atoms with Crippen LogP contribution in [0.1, 0.15) is 83.4 Å². The van der Waals surface area contributed by atoms with Crippen LogP contribution in [-0.4, -0.2) is 61.9 Å². The van der Waals surface area contributed by atoms with E-state index < -0.39 is 28.9 Å². The Labute approximate surface area is 309 Å². The van der Waals surface area contributed by atoms with Gasteiger partial charge < -0.3 is 34.5 Å². The summed E-state index contributed by atoms with van der Waals surface area (Å²) >= 11 is 0. The minimum atomic E-state index is -1.51. The van der Waals surface area contributed by atoms with Crippen molar-refractivity contribution in [2.24, 2.45) is 17.3 Å². The van der Waals surface area contributed by atoms with Gasteiger partial charge in [0.1, 0.15) is 5.60 Å². The number of benzene rings is 1. The highest BCUT2D eigenvalue weighted by Crippen LogP contribution is 2.65. The lowest BCUT2D eigenvalue weighted by molar-refractivity contribution is -0.139. The molecule has 1 fully saturated rings. The number of carboxylic acid groups (broad SMARTS) is 1. The Balaban J connectivity index is 1.38. The number of carboxylic acids is 1. The molecule has 3 N–H and O–H groups in total. The molecule has 2 aromatic carbocycles. The molecular weight excluding hydrogens is 678 g/mol. The Morgan fingerprint density at radius 1 is 0.962 bits per heavy atom. The van der Waals surface area contributed by atoms with E-state index in [0.29, 0.717) is 71.6 Å². The minimum absolute atomic E-state index is 0.101. The number of aliphatic hydroxyl groups is 1. The molecule has 0 radical (unpaired) electrons. The van der Waals surface area contributed by atoms with Gasteiger partial charge in [0.15, 0.2) is 23.0 Å². The van der Waals surface area contributed by atoms with E-state index in [1.807, 2.05) is 32.9 Å². The van der Waals surface area contributed by atoms with Gasteiger partial charge in [0, 0.05) is 29.4 Å². The Kier molecular flexibility index (Phi) is 10.1. The third kappa shape index (κ3) is 6.12. The maximum absolute atomic E-state index is 14.2. The number of methoxy groups -OCH3 is 4. The highest BCUT2D eigenvalue weighted by atomic mass is 16.5. The molecule has 11 nitrogen and oxygen atoms in total. The average molecular weight is 728 g/mol. The van der Waals surface area contributed by atoms with Crippen LogP contribution in [0, 0.1) is 17.3 Å². The van der Waals surface area contributed by atoms with Gasteiger partial charge in [-0.2, -0.15) is 0 Å². The van der Waals surface area contributed by atoms with Crippen molar-refractivity contribution in [1.29, 1.82) is 0 Å². The van der Waals surface area contributed by atoms with Crippen molar-refractivity contribution < 1.29 is 43.5 Å². The van der Waals surface area contributed by atoms with Gasteiger partial charge in [0.2, 0.25) is 17.1 Å². The van der Waals surface area contributed by atoms with E-state index in [0.717, 1.165) is 27.9 Å². The predicted molar refractivity (Wildman–Crippen MR) is 198 cm³/mol. The molecule has 4 atom stereocenters. The maximum Gasteiger partial charge on any atom is 0.303 e. The van der Waals surface area contributed by atoms with Gasteiger partial charge in [-0.15, -0.1) is 0 Å². The van der Waals surface area contributed by atoms with Crippen LogP contribution in [0.2, 0.25) is 0 Å². The number of carbonyl (C=O) groups excluding carboxylic acids is 2. The maximum atomic E-state index is 14.2. The summed E-state index contributed by atoms with van der Waals surface area (Å²) in [5.74, 6) is -1.24. The van der Waals surface area contributed by atoms with Crippen molar-refractivity contribution in [2.45, 2.75) is 84.3 Å². The van der Waals surface area contributed by atoms with Gasteiger partial charge in [0.25, 0.3) is 0 Å². The van der Waals surface area contributed by atoms with Crippen LogP contribution in [0.5, 0.6) is 23.0 Å². The Morgan fingerprint density at radius 3 is 2.23 bits per heavy atom. The Hall–Kier alpha value is -4.90. The van der Waals surface area contributed by atoms with Crippen molar-refractivity contribution >= 4 is 17.7 Å². The van der Waals surface area contributed by atoms with E-state index in [1.165, 1.54) is 27.4 Å². The fourth-order valence-corrected chi connectivity index (χ4v) is 9.30. The average Bonchev–Trinajstić information content (AvgIpc) is 3.91. The molecule has 1 saturated carbocycles. The molecule has 6 rings (SSSR count). The first-order valence-electron chi connectivity index (χ1n) is 18.2. The summed E-state index contributed by atoms with van der Waals surface area (Å²) in [5, 5.41) is 24.7. The van der Waals surface area contributed by atoms with Gasteiger partial charge >= 0.3 is 5.97 Å². The number of ketones is 1. The standard InChI is InChI=1S/C42H49NO10/c1-9-25(35-21(2)16-28-36(35)22(3)42(14-15-42)41(4,49)40(28)48)24(19-34(46)47)18-33(45)43-29-12-10-23-17-32(51-6)38(52-7)39(53-8)37(23)26-11-13-31(50-5)30(44)20-27(26)29/h11,13,16-17,20,24-25,29,49H,9-10,12,14-15,18-19H2,1-8H3,(H,43,45)(H,46,47)/t24?,25?,29-,41+/m0/s1. The molecule has 1 amide bonds. The van der Waals surface area contributed by atoms with Crippen LogP contribution in [-0.2, 0) is 20.8 Å². The molecular formula is C42H49NO10. The first-order chi connectivity index (χ1) is 25.2. The molecule has 2 unspecified atom stereocenters. The molecule has 282 valence electrons. The summed E-state index contributed by atoms with van der Waals surface area (Å²) in [7, 11) is 6.01. The van der Waals surface area contributed by atoms with Crippen molar-refractivity contribution in [1.82, 2.24) is 5.32 Å². The lowest BCUT2D eigenvalue weighted by Gasteiger charge is -2.40. The summed E-state index contributed by atoms with van der Waals surface area (Å²) in [4.78, 5) is 53.7. The molecule has 2 aromatic rings. The third-order valence-electron chi connectivity index (χ3n) is 12.1. The molecule has 4 aliphatic carbocycles. The SMILES string of the molecule is CCC(C1=C(C)C=C2C(=O)[C@@](C)(O)C3(CC3)C(C)=C21)C(CC(=O)O)CC(=O)N[C@H]1CCc2cc(OC)c(OC)c(OC)c2-c2ccc(OC)c(=O)cc21. The molecule has 4 aliphatic rings. The number of ether oxygens (including phenoxy) is 4. The number of hydrogen-bond donors (Lipinski definition) is 3. The van der Waals surface area contributed by atoms with Gasteiger partial charge in [-0.25, -0.2) is 0 Å². The number of Topliss-reactive ketones (excluding diaryl/α,β-unsaturated/α-hetero) is 1. The van der Waals surface area contributed by atoms with Gasteiger partial charge in [-0.1, -0.05) is 18.6 Å². The van der Waals surface area contributed by atoms with Crippen molar-refractivity contribution in [3.63, 3.8) is 0 Å². The molecule has 1 spiro atoms. The molecule has 0 saturated heterocycles. The number of rotatable bonds is 12. The number of nitrogens with one attached hydrogen (secondary N) is 1. The number of hydrogen-bond acceptors (Lipinski definition) is 9. The zero-order chi connectivity index (χ0) is 38.6. The summed E-state index contributed by atoms with van der Waals surface area (Å²) < 4.78 is 22.6. The fourth-order valence-electron chi connectivity index (χ4n) is 9.30. The monoisotopic (exact) mass is 727 g/mol. The largest absolute Gasteiger partial charge is 0.493 e. The Bertz CT molecular complexity index is 2050. The molecule has 11 heteroatoms. The van der Waals surface area contributed by atoms with Crippen LogP contribution in [0.4, 0.5) is 0 Å². The van der Waals surface area contributed by atoms with Crippen molar-refractivity contribution in [2.75, 3.05) is 28.4 Å². The molecule has 0 heterocycles. The van der Waals surface area contributed by atoms with Crippen molar-refractivity contribution in [3.05, 3.63) is 79.6 Å². The second-order valence-electron chi connectivity index (χ2n) is 14.8. The number of amides is 1. The topological polar surface area (TPSA) is 158 Å². The van der Waals surface area contributed by atoms with Gasteiger partial charge in [-0.3, -0.25) is 19.2 Å². The first kappa shape index (κ1) is 37.8. The summed E-state index contributed by atoms with van der Waals surface area (Å²) in [5.41, 5.74) is 4.22. The van der Waals surface area contributed by atoms with Crippen molar-refractivity contribution in [3.8, 4) is 34.1 Å². The third-order valence-corrected chi connectivity index (χ3v) is 12.1. The zero-order valence-corrected chi connectivity index (χ0v) is 31.7. The first-order valence-corrected chi connectivity index (χ1v) is 18.2. The zero-order valence-electron chi connectivity index (χ0n) is 31.7. The number of aryl methyl sites for hydroxylation is 1. The van der Waals surface area contributed by atoms with Crippen LogP contribution in [0.3, 0.4) is 0 Å². The van der Waals surface area contributed by atoms with Gasteiger partial charge in [-0.05, 0) is 122 Å². The van der Waals surface area contributed by atoms with E-state index >= 15 is 0 Å². The molecule has 53 heavy (non-hydrogen) atoms. The second kappa shape index (κ2) is 14.2. The lowest BCUT2D eigenvalue weighted by atomic mass is 9.65. The Morgan fingerprint density at radius 2 is 1.64 bits per heavy atom.